The van der Waals surface area contributed by atoms with Crippen molar-refractivity contribution in [3.8, 4) is 0 Å². The van der Waals surface area contributed by atoms with Gasteiger partial charge in [0.15, 0.2) is 0 Å². The van der Waals surface area contributed by atoms with E-state index in [-0.39, 0.29) is 24.7 Å². The van der Waals surface area contributed by atoms with Gasteiger partial charge < -0.3 is 0 Å². The quantitative estimate of drug-likeness (QED) is 0.833. The van der Waals surface area contributed by atoms with Crippen molar-refractivity contribution >= 4 is 23.2 Å². The average molecular weight is 274 g/mol. The molecule has 2 amide bonds. The maximum atomic E-state index is 11.6. The second-order valence-corrected chi connectivity index (χ2v) is 5.05. The van der Waals surface area contributed by atoms with Crippen molar-refractivity contribution < 1.29 is 9.59 Å². The molecule has 5 heteroatoms. The van der Waals surface area contributed by atoms with Gasteiger partial charge in [-0.25, -0.2) is 0 Å². The molecular weight excluding hydrogens is 260 g/mol. The Labute approximate surface area is 115 Å². The van der Waals surface area contributed by atoms with Crippen LogP contribution >= 0.6 is 11.3 Å². The Bertz CT molecular complexity index is 538. The predicted molar refractivity (Wildman–Crippen MR) is 74.5 cm³/mol. The van der Waals surface area contributed by atoms with Crippen molar-refractivity contribution in [2.45, 2.75) is 12.8 Å². The number of hydrogen-bond donors (Lipinski definition) is 2. The summed E-state index contributed by atoms with van der Waals surface area (Å²) in [7, 11) is 0. The Balaban J connectivity index is 1.73. The molecule has 98 valence electrons. The van der Waals surface area contributed by atoms with Crippen LogP contribution in [0.25, 0.3) is 0 Å². The van der Waals surface area contributed by atoms with Crippen molar-refractivity contribution in [3.05, 3.63) is 58.3 Å². The number of benzene rings is 1. The van der Waals surface area contributed by atoms with Crippen LogP contribution in [0.2, 0.25) is 0 Å². The second kappa shape index (κ2) is 6.70. The zero-order valence-corrected chi connectivity index (χ0v) is 11.1. The minimum absolute atomic E-state index is 0.219. The molecule has 0 aliphatic heterocycles. The first-order valence-corrected chi connectivity index (χ1v) is 6.76. The first-order valence-electron chi connectivity index (χ1n) is 5.88. The van der Waals surface area contributed by atoms with E-state index in [1.54, 1.807) is 0 Å². The SMILES string of the molecule is O=C(Cc1ccccc1)NNC(=O)Cc1cccs1. The summed E-state index contributed by atoms with van der Waals surface area (Å²) < 4.78 is 0. The van der Waals surface area contributed by atoms with Crippen LogP contribution in [0.5, 0.6) is 0 Å². The van der Waals surface area contributed by atoms with Gasteiger partial charge in [-0.1, -0.05) is 36.4 Å². The van der Waals surface area contributed by atoms with Gasteiger partial charge in [0.25, 0.3) is 0 Å². The lowest BCUT2D eigenvalue weighted by molar-refractivity contribution is -0.128. The number of hydrogen-bond acceptors (Lipinski definition) is 3. The van der Waals surface area contributed by atoms with Crippen LogP contribution in [-0.2, 0) is 22.4 Å². The lowest BCUT2D eigenvalue weighted by atomic mass is 10.1. The maximum Gasteiger partial charge on any atom is 0.243 e. The third-order valence-electron chi connectivity index (χ3n) is 2.46. The Morgan fingerprint density at radius 2 is 1.58 bits per heavy atom. The Hall–Kier alpha value is -2.14. The summed E-state index contributed by atoms with van der Waals surface area (Å²) in [6, 6.07) is 13.2. The third-order valence-corrected chi connectivity index (χ3v) is 3.34. The van der Waals surface area contributed by atoms with E-state index in [1.165, 1.54) is 11.3 Å². The number of nitrogens with one attached hydrogen (secondary N) is 2. The lowest BCUT2D eigenvalue weighted by Crippen LogP contribution is -2.43. The Morgan fingerprint density at radius 3 is 2.21 bits per heavy atom. The molecule has 0 saturated carbocycles. The van der Waals surface area contributed by atoms with E-state index in [0.717, 1.165) is 10.4 Å². The normalized spacial score (nSPS) is 9.89. The van der Waals surface area contributed by atoms with Crippen LogP contribution < -0.4 is 10.9 Å². The molecule has 0 atom stereocenters. The third kappa shape index (κ3) is 4.56. The molecule has 0 unspecified atom stereocenters. The molecule has 19 heavy (non-hydrogen) atoms. The molecule has 0 fully saturated rings. The maximum absolute atomic E-state index is 11.6. The van der Waals surface area contributed by atoms with Crippen molar-refractivity contribution in [2.75, 3.05) is 0 Å². The van der Waals surface area contributed by atoms with Crippen LogP contribution in [0.15, 0.2) is 47.8 Å². The van der Waals surface area contributed by atoms with E-state index in [4.69, 9.17) is 0 Å². The number of hydrazine groups is 1. The molecule has 1 heterocycles. The first-order chi connectivity index (χ1) is 9.24. The summed E-state index contributed by atoms with van der Waals surface area (Å²) in [6.45, 7) is 0. The molecule has 2 aromatic rings. The van der Waals surface area contributed by atoms with E-state index in [2.05, 4.69) is 10.9 Å². The van der Waals surface area contributed by atoms with Gasteiger partial charge in [0.05, 0.1) is 12.8 Å². The summed E-state index contributed by atoms with van der Waals surface area (Å²) in [6.07, 6.45) is 0.531. The summed E-state index contributed by atoms with van der Waals surface area (Å²) in [4.78, 5) is 24.1. The number of thiophene rings is 1. The van der Waals surface area contributed by atoms with Crippen LogP contribution in [0.3, 0.4) is 0 Å². The molecule has 0 saturated heterocycles. The smallest absolute Gasteiger partial charge is 0.243 e. The number of carbonyl (C=O) groups excluding carboxylic acids is 2. The molecule has 0 radical (unpaired) electrons. The highest BCUT2D eigenvalue weighted by Crippen LogP contribution is 2.08. The zero-order valence-electron chi connectivity index (χ0n) is 10.3. The minimum atomic E-state index is -0.231. The molecule has 4 nitrogen and oxygen atoms in total. The number of carbonyl (C=O) groups is 2. The van der Waals surface area contributed by atoms with Gasteiger partial charge in [0.2, 0.25) is 11.8 Å². The Kier molecular flexibility index (Phi) is 4.69. The summed E-state index contributed by atoms with van der Waals surface area (Å²) in [5.41, 5.74) is 5.73. The van der Waals surface area contributed by atoms with E-state index in [1.807, 2.05) is 47.8 Å². The topological polar surface area (TPSA) is 58.2 Å². The molecule has 2 N–H and O–H groups in total. The highest BCUT2D eigenvalue weighted by molar-refractivity contribution is 7.10. The standard InChI is InChI=1S/C14H14N2O2S/c17-13(9-11-5-2-1-3-6-11)15-16-14(18)10-12-7-4-8-19-12/h1-8H,9-10H2,(H,15,17)(H,16,18). The summed E-state index contributed by atoms with van der Waals surface area (Å²) >= 11 is 1.51. The first kappa shape index (κ1) is 13.3. The molecule has 1 aromatic carbocycles. The van der Waals surface area contributed by atoms with Gasteiger partial charge in [-0.15, -0.1) is 11.3 Å². The molecular formula is C14H14N2O2S. The molecule has 0 aliphatic carbocycles. The van der Waals surface area contributed by atoms with Gasteiger partial charge in [-0.3, -0.25) is 20.4 Å². The van der Waals surface area contributed by atoms with Crippen molar-refractivity contribution in [1.82, 2.24) is 10.9 Å². The summed E-state index contributed by atoms with van der Waals surface area (Å²) in [5, 5.41) is 1.91. The van der Waals surface area contributed by atoms with Crippen LogP contribution in [0, 0.1) is 0 Å². The fourth-order valence-corrected chi connectivity index (χ4v) is 2.28. The highest BCUT2D eigenvalue weighted by Gasteiger charge is 2.06. The lowest BCUT2D eigenvalue weighted by Gasteiger charge is -2.06. The van der Waals surface area contributed by atoms with Gasteiger partial charge in [-0.05, 0) is 17.0 Å². The van der Waals surface area contributed by atoms with Gasteiger partial charge >= 0.3 is 0 Å². The summed E-state index contributed by atoms with van der Waals surface area (Å²) in [5.74, 6) is -0.449. The molecule has 2 rings (SSSR count). The molecule has 0 spiro atoms. The van der Waals surface area contributed by atoms with Crippen LogP contribution in [0.1, 0.15) is 10.4 Å². The van der Waals surface area contributed by atoms with E-state index in [0.29, 0.717) is 0 Å². The fraction of sp³-hybridized carbons (Fsp3) is 0.143. The average Bonchev–Trinajstić information content (AvgIpc) is 2.90. The van der Waals surface area contributed by atoms with Gasteiger partial charge in [-0.2, -0.15) is 0 Å². The van der Waals surface area contributed by atoms with Crippen molar-refractivity contribution in [3.63, 3.8) is 0 Å². The van der Waals surface area contributed by atoms with Crippen LogP contribution in [-0.4, -0.2) is 11.8 Å². The monoisotopic (exact) mass is 274 g/mol. The van der Waals surface area contributed by atoms with Gasteiger partial charge in [0, 0.05) is 4.88 Å². The molecule has 0 bridgehead atoms. The minimum Gasteiger partial charge on any atom is -0.273 e. The second-order valence-electron chi connectivity index (χ2n) is 4.01. The van der Waals surface area contributed by atoms with E-state index < -0.39 is 0 Å². The fourth-order valence-electron chi connectivity index (χ4n) is 1.58. The van der Waals surface area contributed by atoms with E-state index >= 15 is 0 Å². The number of amides is 2. The molecule has 1 aromatic heterocycles. The number of rotatable bonds is 4. The zero-order chi connectivity index (χ0) is 13.5. The molecule has 0 aliphatic rings. The highest BCUT2D eigenvalue weighted by atomic mass is 32.1. The van der Waals surface area contributed by atoms with Gasteiger partial charge in [0.1, 0.15) is 0 Å². The Morgan fingerprint density at radius 1 is 0.895 bits per heavy atom. The van der Waals surface area contributed by atoms with Crippen LogP contribution in [0.4, 0.5) is 0 Å². The van der Waals surface area contributed by atoms with E-state index in [9.17, 15) is 9.59 Å². The largest absolute Gasteiger partial charge is 0.273 e. The predicted octanol–water partition coefficient (Wildman–Crippen LogP) is 1.68. The van der Waals surface area contributed by atoms with Crippen molar-refractivity contribution in [2.24, 2.45) is 0 Å². The van der Waals surface area contributed by atoms with Crippen molar-refractivity contribution in [1.29, 1.82) is 0 Å².